The van der Waals surface area contributed by atoms with Gasteiger partial charge in [-0.15, -0.1) is 11.6 Å². The maximum atomic E-state index is 5.83. The number of anilines is 1. The molecular weight excluding hydrogens is 222 g/mol. The molecule has 16 heavy (non-hydrogen) atoms. The largest absolute Gasteiger partial charge is 0.365 e. The van der Waals surface area contributed by atoms with E-state index < -0.39 is 0 Å². The zero-order valence-electron chi connectivity index (χ0n) is 9.15. The van der Waals surface area contributed by atoms with Crippen LogP contribution in [0.3, 0.4) is 0 Å². The fraction of sp³-hybridized carbons (Fsp3) is 0.333. The highest BCUT2D eigenvalue weighted by molar-refractivity contribution is 6.18. The van der Waals surface area contributed by atoms with E-state index in [1.807, 2.05) is 24.3 Å². The van der Waals surface area contributed by atoms with E-state index in [0.29, 0.717) is 5.88 Å². The average Bonchev–Trinajstić information content (AvgIpc) is 2.35. The first-order valence-corrected chi connectivity index (χ1v) is 5.91. The zero-order chi connectivity index (χ0) is 11.4. The van der Waals surface area contributed by atoms with Gasteiger partial charge in [-0.05, 0) is 18.6 Å². The Morgan fingerprint density at radius 2 is 2.06 bits per heavy atom. The van der Waals surface area contributed by atoms with E-state index in [-0.39, 0.29) is 6.04 Å². The van der Waals surface area contributed by atoms with Crippen LogP contribution < -0.4 is 5.32 Å². The first-order chi connectivity index (χ1) is 7.83. The third-order valence-electron chi connectivity index (χ3n) is 2.48. The number of halogens is 1. The second kappa shape index (κ2) is 5.12. The summed E-state index contributed by atoms with van der Waals surface area (Å²) in [5.74, 6) is 1.36. The molecule has 3 nitrogen and oxygen atoms in total. The Balaban J connectivity index is 2.25. The van der Waals surface area contributed by atoms with Gasteiger partial charge in [-0.3, -0.25) is 4.98 Å². The molecule has 0 bridgehead atoms. The third-order valence-corrected chi connectivity index (χ3v) is 2.85. The maximum Gasteiger partial charge on any atom is 0.145 e. The molecule has 1 heterocycles. The van der Waals surface area contributed by atoms with E-state index in [1.165, 1.54) is 0 Å². The Hall–Kier alpha value is -1.35. The van der Waals surface area contributed by atoms with Gasteiger partial charge in [0.05, 0.1) is 17.2 Å². The summed E-state index contributed by atoms with van der Waals surface area (Å²) >= 11 is 5.83. The summed E-state index contributed by atoms with van der Waals surface area (Å²) in [6.07, 6.45) is 2.72. The van der Waals surface area contributed by atoms with Gasteiger partial charge in [0.2, 0.25) is 0 Å². The fourth-order valence-electron chi connectivity index (χ4n) is 1.49. The van der Waals surface area contributed by atoms with Crippen LogP contribution >= 0.6 is 11.6 Å². The van der Waals surface area contributed by atoms with Gasteiger partial charge in [0.15, 0.2) is 0 Å². The Bertz CT molecular complexity index is 469. The minimum Gasteiger partial charge on any atom is -0.365 e. The molecule has 0 saturated heterocycles. The summed E-state index contributed by atoms with van der Waals surface area (Å²) in [6, 6.07) is 8.06. The maximum absolute atomic E-state index is 5.83. The fourth-order valence-corrected chi connectivity index (χ4v) is 1.78. The van der Waals surface area contributed by atoms with Gasteiger partial charge >= 0.3 is 0 Å². The molecular formula is C12H14ClN3. The van der Waals surface area contributed by atoms with E-state index in [1.54, 1.807) is 6.20 Å². The van der Waals surface area contributed by atoms with Crippen molar-refractivity contribution < 1.29 is 0 Å². The van der Waals surface area contributed by atoms with E-state index >= 15 is 0 Å². The van der Waals surface area contributed by atoms with E-state index in [4.69, 9.17) is 11.6 Å². The van der Waals surface area contributed by atoms with Crippen LogP contribution in [0.5, 0.6) is 0 Å². The van der Waals surface area contributed by atoms with Crippen LogP contribution in [0.15, 0.2) is 30.5 Å². The number of rotatable bonds is 4. The number of hydrogen-bond acceptors (Lipinski definition) is 3. The zero-order valence-corrected chi connectivity index (χ0v) is 9.91. The third kappa shape index (κ3) is 2.42. The van der Waals surface area contributed by atoms with Gasteiger partial charge in [0.25, 0.3) is 0 Å². The highest BCUT2D eigenvalue weighted by atomic mass is 35.5. The van der Waals surface area contributed by atoms with Crippen LogP contribution in [0.1, 0.15) is 13.3 Å². The van der Waals surface area contributed by atoms with Crippen molar-refractivity contribution in [2.24, 2.45) is 0 Å². The SMILES string of the molecule is CCC(CCl)Nc1cnc2ccccc2n1. The van der Waals surface area contributed by atoms with Crippen molar-refractivity contribution in [3.8, 4) is 0 Å². The molecule has 2 rings (SSSR count). The molecule has 1 unspecified atom stereocenters. The number of benzene rings is 1. The molecule has 1 aromatic heterocycles. The average molecular weight is 236 g/mol. The van der Waals surface area contributed by atoms with Gasteiger partial charge in [0, 0.05) is 11.9 Å². The van der Waals surface area contributed by atoms with Crippen molar-refractivity contribution in [2.75, 3.05) is 11.2 Å². The van der Waals surface area contributed by atoms with E-state index in [2.05, 4.69) is 22.2 Å². The first kappa shape index (κ1) is 11.1. The molecule has 0 fully saturated rings. The molecule has 1 N–H and O–H groups in total. The second-order valence-corrected chi connectivity index (χ2v) is 3.96. The van der Waals surface area contributed by atoms with Crippen LogP contribution in [0.4, 0.5) is 5.82 Å². The highest BCUT2D eigenvalue weighted by Gasteiger charge is 2.05. The summed E-state index contributed by atoms with van der Waals surface area (Å²) < 4.78 is 0. The summed E-state index contributed by atoms with van der Waals surface area (Å²) in [7, 11) is 0. The number of hydrogen-bond donors (Lipinski definition) is 1. The number of para-hydroxylation sites is 2. The smallest absolute Gasteiger partial charge is 0.145 e. The van der Waals surface area contributed by atoms with Crippen molar-refractivity contribution in [3.63, 3.8) is 0 Å². The van der Waals surface area contributed by atoms with Crippen LogP contribution in [0.25, 0.3) is 11.0 Å². The topological polar surface area (TPSA) is 37.8 Å². The molecule has 0 aliphatic carbocycles. The van der Waals surface area contributed by atoms with Gasteiger partial charge in [-0.1, -0.05) is 19.1 Å². The summed E-state index contributed by atoms with van der Waals surface area (Å²) in [6.45, 7) is 2.09. The van der Waals surface area contributed by atoms with Crippen LogP contribution in [0, 0.1) is 0 Å². The van der Waals surface area contributed by atoms with Crippen LogP contribution in [-0.2, 0) is 0 Å². The van der Waals surface area contributed by atoms with Gasteiger partial charge in [-0.2, -0.15) is 0 Å². The van der Waals surface area contributed by atoms with Gasteiger partial charge in [-0.25, -0.2) is 4.98 Å². The summed E-state index contributed by atoms with van der Waals surface area (Å²) in [5.41, 5.74) is 1.81. The number of fused-ring (bicyclic) bond motifs is 1. The molecule has 0 saturated carbocycles. The Kier molecular flexibility index (Phi) is 3.57. The highest BCUT2D eigenvalue weighted by Crippen LogP contribution is 2.12. The minimum absolute atomic E-state index is 0.247. The molecule has 4 heteroatoms. The molecule has 0 aliphatic rings. The molecule has 0 amide bonds. The quantitative estimate of drug-likeness (QED) is 0.828. The van der Waals surface area contributed by atoms with Crippen molar-refractivity contribution in [3.05, 3.63) is 30.5 Å². The predicted octanol–water partition coefficient (Wildman–Crippen LogP) is 3.06. The number of nitrogens with one attached hydrogen (secondary N) is 1. The van der Waals surface area contributed by atoms with E-state index in [9.17, 15) is 0 Å². The van der Waals surface area contributed by atoms with Gasteiger partial charge < -0.3 is 5.32 Å². The first-order valence-electron chi connectivity index (χ1n) is 5.37. The van der Waals surface area contributed by atoms with E-state index in [0.717, 1.165) is 23.3 Å². The van der Waals surface area contributed by atoms with Crippen LogP contribution in [0.2, 0.25) is 0 Å². The Labute approximate surface area is 99.9 Å². The summed E-state index contributed by atoms with van der Waals surface area (Å²) in [5, 5.41) is 3.26. The lowest BCUT2D eigenvalue weighted by Crippen LogP contribution is -2.20. The number of aromatic nitrogens is 2. The van der Waals surface area contributed by atoms with Crippen molar-refractivity contribution in [2.45, 2.75) is 19.4 Å². The lowest BCUT2D eigenvalue weighted by molar-refractivity contribution is 0.765. The molecule has 2 aromatic rings. The molecule has 84 valence electrons. The minimum atomic E-state index is 0.247. The standard InChI is InChI=1S/C12H14ClN3/c1-2-9(7-13)15-12-8-14-10-5-3-4-6-11(10)16-12/h3-6,8-9H,2,7H2,1H3,(H,15,16). The molecule has 1 atom stereocenters. The van der Waals surface area contributed by atoms with Crippen molar-refractivity contribution in [1.29, 1.82) is 0 Å². The van der Waals surface area contributed by atoms with Crippen molar-refractivity contribution >= 4 is 28.5 Å². The van der Waals surface area contributed by atoms with Gasteiger partial charge in [0.1, 0.15) is 5.82 Å². The lowest BCUT2D eigenvalue weighted by Gasteiger charge is -2.14. The van der Waals surface area contributed by atoms with Crippen molar-refractivity contribution in [1.82, 2.24) is 9.97 Å². The summed E-state index contributed by atoms with van der Waals surface area (Å²) in [4.78, 5) is 8.81. The molecule has 0 aliphatic heterocycles. The predicted molar refractivity (Wildman–Crippen MR) is 68.0 cm³/mol. The molecule has 0 spiro atoms. The number of nitrogens with zero attached hydrogens (tertiary/aromatic N) is 2. The Morgan fingerprint density at radius 3 is 2.75 bits per heavy atom. The Morgan fingerprint density at radius 1 is 1.31 bits per heavy atom. The molecule has 1 aromatic carbocycles. The normalized spacial score (nSPS) is 12.6. The number of alkyl halides is 1. The van der Waals surface area contributed by atoms with Crippen LogP contribution in [-0.4, -0.2) is 21.9 Å². The second-order valence-electron chi connectivity index (χ2n) is 3.65. The monoisotopic (exact) mass is 235 g/mol. The lowest BCUT2D eigenvalue weighted by atomic mass is 10.2. The molecule has 0 radical (unpaired) electrons.